The van der Waals surface area contributed by atoms with Crippen LogP contribution in [0.15, 0.2) is 0 Å². The predicted octanol–water partition coefficient (Wildman–Crippen LogP) is 2.80. The molecule has 3 nitrogen and oxygen atoms in total. The van der Waals surface area contributed by atoms with Gasteiger partial charge in [-0.05, 0) is 26.5 Å². The molecular formula is C11H17NO2S. The lowest BCUT2D eigenvalue weighted by molar-refractivity contribution is 0.368. The van der Waals surface area contributed by atoms with Gasteiger partial charge in [-0.1, -0.05) is 6.92 Å². The van der Waals surface area contributed by atoms with Gasteiger partial charge in [-0.2, -0.15) is 0 Å². The van der Waals surface area contributed by atoms with Crippen molar-refractivity contribution in [3.8, 4) is 11.6 Å². The molecule has 0 aliphatic heterocycles. The first-order valence-corrected chi connectivity index (χ1v) is 6.10. The number of hydrogen-bond donors (Lipinski definition) is 1. The zero-order chi connectivity index (χ0) is 11.4. The van der Waals surface area contributed by atoms with Crippen molar-refractivity contribution in [3.63, 3.8) is 0 Å². The zero-order valence-electron chi connectivity index (χ0n) is 9.63. The Labute approximate surface area is 94.9 Å². The Morgan fingerprint density at radius 3 is 2.53 bits per heavy atom. The minimum Gasteiger partial charge on any atom is -0.506 e. The summed E-state index contributed by atoms with van der Waals surface area (Å²) in [6.45, 7) is 7.65. The molecule has 0 aromatic carbocycles. The van der Waals surface area contributed by atoms with Crippen LogP contribution in [0.2, 0.25) is 0 Å². The van der Waals surface area contributed by atoms with Gasteiger partial charge in [-0.25, -0.2) is 4.98 Å². The van der Waals surface area contributed by atoms with Crippen molar-refractivity contribution < 1.29 is 9.84 Å². The lowest BCUT2D eigenvalue weighted by atomic mass is 10.1. The van der Waals surface area contributed by atoms with Crippen LogP contribution in [0.4, 0.5) is 0 Å². The molecule has 0 saturated heterocycles. The number of rotatable bonds is 4. The van der Waals surface area contributed by atoms with Gasteiger partial charge in [0.25, 0.3) is 0 Å². The summed E-state index contributed by atoms with van der Waals surface area (Å²) >= 11 is 1.70. The van der Waals surface area contributed by atoms with E-state index < -0.39 is 0 Å². The first-order chi connectivity index (χ1) is 7.07. The molecule has 1 aromatic heterocycles. The average Bonchev–Trinajstić information content (AvgIpc) is 2.23. The van der Waals surface area contributed by atoms with Crippen molar-refractivity contribution in [2.75, 3.05) is 11.7 Å². The second-order valence-corrected chi connectivity index (χ2v) is 4.58. The topological polar surface area (TPSA) is 42.4 Å². The molecule has 0 saturated carbocycles. The third kappa shape index (κ3) is 2.78. The monoisotopic (exact) mass is 227 g/mol. The van der Waals surface area contributed by atoms with E-state index in [2.05, 4.69) is 11.9 Å². The van der Waals surface area contributed by atoms with E-state index in [1.54, 1.807) is 18.7 Å². The van der Waals surface area contributed by atoms with Gasteiger partial charge < -0.3 is 9.84 Å². The Hall–Kier alpha value is -0.900. The Morgan fingerprint density at radius 1 is 1.27 bits per heavy atom. The summed E-state index contributed by atoms with van der Waals surface area (Å²) in [7, 11) is 0. The van der Waals surface area contributed by atoms with Gasteiger partial charge in [-0.3, -0.25) is 0 Å². The van der Waals surface area contributed by atoms with Gasteiger partial charge in [-0.15, -0.1) is 11.8 Å². The molecule has 84 valence electrons. The first kappa shape index (κ1) is 12.2. The molecule has 0 amide bonds. The van der Waals surface area contributed by atoms with E-state index in [4.69, 9.17) is 4.74 Å². The molecule has 0 radical (unpaired) electrons. The summed E-state index contributed by atoms with van der Waals surface area (Å²) in [5.74, 6) is 2.52. The van der Waals surface area contributed by atoms with Gasteiger partial charge in [0.1, 0.15) is 11.7 Å². The molecule has 0 bridgehead atoms. The third-order valence-electron chi connectivity index (χ3n) is 2.33. The van der Waals surface area contributed by atoms with Crippen LogP contribution in [0.1, 0.15) is 23.7 Å². The van der Waals surface area contributed by atoms with Crippen molar-refractivity contribution in [2.45, 2.75) is 27.7 Å². The van der Waals surface area contributed by atoms with Gasteiger partial charge in [0.05, 0.1) is 5.69 Å². The number of aromatic hydroxyl groups is 1. The normalized spacial score (nSPS) is 10.4. The van der Waals surface area contributed by atoms with Crippen LogP contribution in [0.5, 0.6) is 11.6 Å². The van der Waals surface area contributed by atoms with E-state index in [0.717, 1.165) is 16.9 Å². The van der Waals surface area contributed by atoms with Crippen LogP contribution in [0.3, 0.4) is 0 Å². The molecule has 1 aromatic rings. The van der Waals surface area contributed by atoms with E-state index >= 15 is 0 Å². The number of pyridine rings is 1. The molecule has 1 rings (SSSR count). The summed E-state index contributed by atoms with van der Waals surface area (Å²) in [5, 5.41) is 9.66. The fourth-order valence-corrected chi connectivity index (χ4v) is 1.58. The maximum Gasteiger partial charge on any atom is 0.217 e. The number of aromatic nitrogens is 1. The van der Waals surface area contributed by atoms with Crippen molar-refractivity contribution in [3.05, 3.63) is 16.8 Å². The van der Waals surface area contributed by atoms with Crippen LogP contribution >= 0.6 is 11.8 Å². The number of nitrogens with zero attached hydrogens (tertiary/aromatic N) is 1. The Bertz CT molecular complexity index is 353. The molecule has 0 atom stereocenters. The second-order valence-electron chi connectivity index (χ2n) is 3.36. The quantitative estimate of drug-likeness (QED) is 0.634. The predicted molar refractivity (Wildman–Crippen MR) is 63.7 cm³/mol. The summed E-state index contributed by atoms with van der Waals surface area (Å²) in [4.78, 5) is 4.22. The second kappa shape index (κ2) is 5.26. The van der Waals surface area contributed by atoms with Gasteiger partial charge in [0, 0.05) is 11.1 Å². The number of thioether (sulfide) groups is 1. The molecule has 0 spiro atoms. The summed E-state index contributed by atoms with van der Waals surface area (Å²) in [6.07, 6.45) is 0. The third-order valence-corrected chi connectivity index (χ3v) is 3.03. The molecule has 0 fully saturated rings. The van der Waals surface area contributed by atoms with Crippen LogP contribution < -0.4 is 4.74 Å². The van der Waals surface area contributed by atoms with Crippen molar-refractivity contribution in [1.82, 2.24) is 4.98 Å². The molecule has 0 unspecified atom stereocenters. The van der Waals surface area contributed by atoms with E-state index in [1.807, 2.05) is 13.8 Å². The molecule has 4 heteroatoms. The fourth-order valence-electron chi connectivity index (χ4n) is 1.22. The molecule has 1 N–H and O–H groups in total. The Morgan fingerprint density at radius 2 is 1.93 bits per heavy atom. The van der Waals surface area contributed by atoms with Crippen LogP contribution in [0.25, 0.3) is 0 Å². The van der Waals surface area contributed by atoms with Crippen LogP contribution in [-0.4, -0.2) is 21.8 Å². The SMILES string of the molecule is CCSCOc1nc(C)c(O)c(C)c1C. The lowest BCUT2D eigenvalue weighted by Crippen LogP contribution is -2.01. The molecule has 0 aliphatic rings. The summed E-state index contributed by atoms with van der Waals surface area (Å²) in [6, 6.07) is 0. The first-order valence-electron chi connectivity index (χ1n) is 4.95. The van der Waals surface area contributed by atoms with Crippen molar-refractivity contribution in [2.24, 2.45) is 0 Å². The van der Waals surface area contributed by atoms with E-state index in [9.17, 15) is 5.11 Å². The standard InChI is InChI=1S/C11H17NO2S/c1-5-15-6-14-11-8(3)7(2)10(13)9(4)12-11/h13H,5-6H2,1-4H3. The Balaban J connectivity index is 2.89. The molecule has 1 heterocycles. The highest BCUT2D eigenvalue weighted by Gasteiger charge is 2.11. The highest BCUT2D eigenvalue weighted by Crippen LogP contribution is 2.29. The fraction of sp³-hybridized carbons (Fsp3) is 0.545. The maximum absolute atomic E-state index is 9.66. The summed E-state index contributed by atoms with van der Waals surface area (Å²) in [5.41, 5.74) is 2.38. The molecule has 15 heavy (non-hydrogen) atoms. The van der Waals surface area contributed by atoms with E-state index in [0.29, 0.717) is 17.5 Å². The van der Waals surface area contributed by atoms with Gasteiger partial charge in [0.15, 0.2) is 0 Å². The zero-order valence-corrected chi connectivity index (χ0v) is 10.4. The highest BCUT2D eigenvalue weighted by atomic mass is 32.2. The van der Waals surface area contributed by atoms with E-state index in [-0.39, 0.29) is 5.75 Å². The highest BCUT2D eigenvalue weighted by molar-refractivity contribution is 7.99. The average molecular weight is 227 g/mol. The van der Waals surface area contributed by atoms with Gasteiger partial charge in [0.2, 0.25) is 5.88 Å². The smallest absolute Gasteiger partial charge is 0.217 e. The van der Waals surface area contributed by atoms with E-state index in [1.165, 1.54) is 0 Å². The number of ether oxygens (including phenoxy) is 1. The molecule has 0 aliphatic carbocycles. The largest absolute Gasteiger partial charge is 0.506 e. The lowest BCUT2D eigenvalue weighted by Gasteiger charge is -2.12. The summed E-state index contributed by atoms with van der Waals surface area (Å²) < 4.78 is 5.53. The van der Waals surface area contributed by atoms with Crippen molar-refractivity contribution >= 4 is 11.8 Å². The number of aryl methyl sites for hydroxylation is 1. The van der Waals surface area contributed by atoms with Crippen LogP contribution in [-0.2, 0) is 0 Å². The van der Waals surface area contributed by atoms with Gasteiger partial charge >= 0.3 is 0 Å². The minimum absolute atomic E-state index is 0.267. The van der Waals surface area contributed by atoms with Crippen molar-refractivity contribution in [1.29, 1.82) is 0 Å². The molecular weight excluding hydrogens is 210 g/mol. The maximum atomic E-state index is 9.66. The number of hydrogen-bond acceptors (Lipinski definition) is 4. The Kier molecular flexibility index (Phi) is 4.27. The minimum atomic E-state index is 0.267. The van der Waals surface area contributed by atoms with Crippen LogP contribution in [0, 0.1) is 20.8 Å².